The summed E-state index contributed by atoms with van der Waals surface area (Å²) in [5.41, 5.74) is 6.02. The van der Waals surface area contributed by atoms with Gasteiger partial charge in [-0.3, -0.25) is 4.57 Å². The summed E-state index contributed by atoms with van der Waals surface area (Å²) >= 11 is 0. The van der Waals surface area contributed by atoms with Crippen molar-refractivity contribution in [3.05, 3.63) is 72.2 Å². The average molecular weight is 383 g/mol. The second-order valence-corrected chi connectivity index (χ2v) is 6.99. The maximum atomic E-state index is 5.58. The molecular formula is C23H21N5O. The van der Waals surface area contributed by atoms with E-state index in [1.807, 2.05) is 49.4 Å². The Morgan fingerprint density at radius 3 is 2.41 bits per heavy atom. The number of ether oxygens (including phenoxy) is 1. The number of aromatic nitrogens is 5. The van der Waals surface area contributed by atoms with Gasteiger partial charge in [-0.15, -0.1) is 5.10 Å². The molecule has 6 nitrogen and oxygen atoms in total. The molecule has 0 saturated heterocycles. The van der Waals surface area contributed by atoms with Gasteiger partial charge in [-0.25, -0.2) is 14.5 Å². The van der Waals surface area contributed by atoms with Gasteiger partial charge in [0.05, 0.1) is 12.0 Å². The zero-order valence-corrected chi connectivity index (χ0v) is 16.6. The van der Waals surface area contributed by atoms with Gasteiger partial charge in [0.2, 0.25) is 0 Å². The van der Waals surface area contributed by atoms with Crippen LogP contribution in [-0.4, -0.2) is 30.8 Å². The van der Waals surface area contributed by atoms with Crippen LogP contribution in [0.15, 0.2) is 60.9 Å². The van der Waals surface area contributed by atoms with Gasteiger partial charge in [0.15, 0.2) is 17.1 Å². The lowest BCUT2D eigenvalue weighted by Gasteiger charge is -2.09. The van der Waals surface area contributed by atoms with Crippen molar-refractivity contribution < 1.29 is 4.74 Å². The minimum Gasteiger partial charge on any atom is -0.494 e. The molecule has 0 spiro atoms. The predicted molar refractivity (Wildman–Crippen MR) is 114 cm³/mol. The van der Waals surface area contributed by atoms with E-state index in [1.165, 1.54) is 0 Å². The molecule has 6 heteroatoms. The highest BCUT2D eigenvalue weighted by atomic mass is 16.5. The number of hydrogen-bond donors (Lipinski definition) is 0. The molecule has 29 heavy (non-hydrogen) atoms. The summed E-state index contributed by atoms with van der Waals surface area (Å²) in [4.78, 5) is 9.56. The Morgan fingerprint density at radius 1 is 0.931 bits per heavy atom. The van der Waals surface area contributed by atoms with Crippen LogP contribution in [0.1, 0.15) is 18.2 Å². The minimum atomic E-state index is 0.653. The summed E-state index contributed by atoms with van der Waals surface area (Å²) in [5, 5.41) is 5.66. The largest absolute Gasteiger partial charge is 0.494 e. The van der Waals surface area contributed by atoms with Gasteiger partial charge in [-0.05, 0) is 50.6 Å². The molecule has 5 aromatic rings. The fraction of sp³-hybridized carbons (Fsp3) is 0.174. The maximum absolute atomic E-state index is 5.58. The maximum Gasteiger partial charge on any atom is 0.182 e. The lowest BCUT2D eigenvalue weighted by molar-refractivity contribution is 0.340. The smallest absolute Gasteiger partial charge is 0.182 e. The van der Waals surface area contributed by atoms with Gasteiger partial charge in [0.1, 0.15) is 12.1 Å². The van der Waals surface area contributed by atoms with E-state index in [4.69, 9.17) is 14.7 Å². The molecule has 144 valence electrons. The van der Waals surface area contributed by atoms with Crippen LogP contribution in [0, 0.1) is 13.8 Å². The van der Waals surface area contributed by atoms with Crippen molar-refractivity contribution in [2.75, 3.05) is 6.61 Å². The van der Waals surface area contributed by atoms with Crippen molar-refractivity contribution in [2.24, 2.45) is 0 Å². The zero-order valence-electron chi connectivity index (χ0n) is 16.6. The molecule has 0 aliphatic carbocycles. The Labute approximate surface area is 168 Å². The summed E-state index contributed by atoms with van der Waals surface area (Å²) in [6, 6.07) is 18.1. The van der Waals surface area contributed by atoms with Crippen molar-refractivity contribution in [2.45, 2.75) is 20.8 Å². The number of hydrogen-bond acceptors (Lipinski definition) is 4. The summed E-state index contributed by atoms with van der Waals surface area (Å²) in [7, 11) is 0. The zero-order chi connectivity index (χ0) is 20.0. The summed E-state index contributed by atoms with van der Waals surface area (Å²) in [6.07, 6.45) is 1.74. The van der Waals surface area contributed by atoms with E-state index in [1.54, 1.807) is 10.8 Å². The molecule has 0 bridgehead atoms. The summed E-state index contributed by atoms with van der Waals surface area (Å²) < 4.78 is 9.50. The van der Waals surface area contributed by atoms with Gasteiger partial charge >= 0.3 is 0 Å². The van der Waals surface area contributed by atoms with Crippen LogP contribution in [0.3, 0.4) is 0 Å². The monoisotopic (exact) mass is 383 g/mol. The summed E-state index contributed by atoms with van der Waals surface area (Å²) in [5.74, 6) is 1.56. The van der Waals surface area contributed by atoms with Crippen LogP contribution in [0.2, 0.25) is 0 Å². The van der Waals surface area contributed by atoms with Crippen molar-refractivity contribution in [1.82, 2.24) is 24.1 Å². The highest BCUT2D eigenvalue weighted by Crippen LogP contribution is 2.31. The van der Waals surface area contributed by atoms with Crippen LogP contribution < -0.4 is 4.74 Å². The third-order valence-corrected chi connectivity index (χ3v) is 5.27. The van der Waals surface area contributed by atoms with Crippen molar-refractivity contribution in [3.8, 4) is 22.8 Å². The van der Waals surface area contributed by atoms with Crippen molar-refractivity contribution in [1.29, 1.82) is 0 Å². The van der Waals surface area contributed by atoms with Gasteiger partial charge in [-0.2, -0.15) is 0 Å². The van der Waals surface area contributed by atoms with Crippen molar-refractivity contribution in [3.63, 3.8) is 0 Å². The van der Waals surface area contributed by atoms with Gasteiger partial charge in [0, 0.05) is 16.9 Å². The fourth-order valence-corrected chi connectivity index (χ4v) is 3.74. The standard InChI is InChI=1S/C23H21N5O/c1-4-29-19-12-10-18(11-13-19)28-16(3)15(2)20-22(28)24-14-27-23(20)25-21(26-27)17-8-6-5-7-9-17/h5-14H,4H2,1-3H3. The second kappa shape index (κ2) is 6.74. The Balaban J connectivity index is 1.72. The molecule has 0 radical (unpaired) electrons. The third-order valence-electron chi connectivity index (χ3n) is 5.27. The Morgan fingerprint density at radius 2 is 1.69 bits per heavy atom. The van der Waals surface area contributed by atoms with E-state index < -0.39 is 0 Å². The Bertz CT molecular complexity index is 1320. The second-order valence-electron chi connectivity index (χ2n) is 6.99. The highest BCUT2D eigenvalue weighted by molar-refractivity contribution is 5.95. The lowest BCUT2D eigenvalue weighted by atomic mass is 10.2. The molecule has 0 saturated carbocycles. The van der Waals surface area contributed by atoms with Crippen molar-refractivity contribution >= 4 is 16.7 Å². The van der Waals surface area contributed by atoms with Crippen LogP contribution >= 0.6 is 0 Å². The first-order valence-corrected chi connectivity index (χ1v) is 9.69. The van der Waals surface area contributed by atoms with E-state index in [-0.39, 0.29) is 0 Å². The van der Waals surface area contributed by atoms with Crippen LogP contribution in [-0.2, 0) is 0 Å². The molecule has 0 atom stereocenters. The van der Waals surface area contributed by atoms with Crippen LogP contribution in [0.5, 0.6) is 5.75 Å². The van der Waals surface area contributed by atoms with E-state index in [2.05, 4.69) is 35.6 Å². The Hall–Kier alpha value is -3.67. The minimum absolute atomic E-state index is 0.653. The molecule has 2 aromatic carbocycles. The molecule has 0 N–H and O–H groups in total. The molecule has 0 aliphatic rings. The van der Waals surface area contributed by atoms with E-state index in [0.29, 0.717) is 12.4 Å². The number of aryl methyl sites for hydroxylation is 1. The lowest BCUT2D eigenvalue weighted by Crippen LogP contribution is -1.99. The molecule has 3 heterocycles. The number of benzene rings is 2. The molecule has 0 unspecified atom stereocenters. The van der Waals surface area contributed by atoms with Crippen LogP contribution in [0.25, 0.3) is 33.8 Å². The van der Waals surface area contributed by atoms with Gasteiger partial charge in [-0.1, -0.05) is 30.3 Å². The first-order valence-electron chi connectivity index (χ1n) is 9.69. The first-order chi connectivity index (χ1) is 14.2. The first kappa shape index (κ1) is 17.4. The molecule has 0 aliphatic heterocycles. The molecular weight excluding hydrogens is 362 g/mol. The normalized spacial score (nSPS) is 11.4. The van der Waals surface area contributed by atoms with E-state index in [0.717, 1.165) is 44.9 Å². The topological polar surface area (TPSA) is 57.2 Å². The van der Waals surface area contributed by atoms with E-state index >= 15 is 0 Å². The molecule has 0 fully saturated rings. The molecule has 5 rings (SSSR count). The summed E-state index contributed by atoms with van der Waals surface area (Å²) in [6.45, 7) is 6.86. The third kappa shape index (κ3) is 2.76. The van der Waals surface area contributed by atoms with Crippen LogP contribution in [0.4, 0.5) is 0 Å². The average Bonchev–Trinajstić information content (AvgIpc) is 3.29. The SMILES string of the molecule is CCOc1ccc(-n2c(C)c(C)c3c2ncn2nc(-c4ccccc4)nc32)cc1. The van der Waals surface area contributed by atoms with Gasteiger partial charge < -0.3 is 4.74 Å². The quantitative estimate of drug-likeness (QED) is 0.449. The number of nitrogens with zero attached hydrogens (tertiary/aromatic N) is 5. The fourth-order valence-electron chi connectivity index (χ4n) is 3.74. The van der Waals surface area contributed by atoms with Gasteiger partial charge in [0.25, 0.3) is 0 Å². The van der Waals surface area contributed by atoms with E-state index in [9.17, 15) is 0 Å². The predicted octanol–water partition coefficient (Wildman–Crippen LogP) is 4.75. The molecule has 0 amide bonds. The molecule has 3 aromatic heterocycles. The Kier molecular flexibility index (Phi) is 4.05. The highest BCUT2D eigenvalue weighted by Gasteiger charge is 2.19. The number of rotatable bonds is 4. The number of fused-ring (bicyclic) bond motifs is 3.